The minimum absolute atomic E-state index is 0.0946. The summed E-state index contributed by atoms with van der Waals surface area (Å²) in [5.74, 6) is -0.337. The first-order chi connectivity index (χ1) is 32.4. The lowest BCUT2D eigenvalue weighted by atomic mass is 10.0. The monoisotopic (exact) mass is 944 g/mol. The van der Waals surface area contributed by atoms with E-state index in [1.165, 1.54) is 135 Å². The van der Waals surface area contributed by atoms with Crippen LogP contribution < -0.4 is 5.73 Å². The van der Waals surface area contributed by atoms with Crippen LogP contribution in [-0.4, -0.2) is 49.9 Å². The molecule has 0 aliphatic carbocycles. The highest BCUT2D eigenvalue weighted by Gasteiger charge is 2.25. The predicted octanol–water partition coefficient (Wildman–Crippen LogP) is 17.2. The van der Waals surface area contributed by atoms with E-state index in [-0.39, 0.29) is 32.3 Å². The molecule has 3 N–H and O–H groups in total. The van der Waals surface area contributed by atoms with E-state index in [9.17, 15) is 14.3 Å². The SMILES string of the molecule is CC/C=C\C/C=C\C/C=C\C/C=C\CCCCCCCCCCCCCCC(=O)OC(COCCCCCCCCC/C=C\C/C=C\C/C=C\CCCCCCC)COP(=O)(O)OCCN. The molecule has 0 fully saturated rings. The highest BCUT2D eigenvalue weighted by Crippen LogP contribution is 2.43. The summed E-state index contributed by atoms with van der Waals surface area (Å²) in [6.45, 7) is 4.78. The maximum atomic E-state index is 12.7. The number of ether oxygens (including phenoxy) is 2. The second-order valence-corrected chi connectivity index (χ2v) is 19.2. The molecule has 0 radical (unpaired) electrons. The number of carbonyl (C=O) groups is 1. The van der Waals surface area contributed by atoms with Crippen LogP contribution in [0.5, 0.6) is 0 Å². The van der Waals surface area contributed by atoms with Gasteiger partial charge in [-0.2, -0.15) is 0 Å². The van der Waals surface area contributed by atoms with Crippen molar-refractivity contribution < 1.29 is 32.8 Å². The van der Waals surface area contributed by atoms with Crippen LogP contribution in [0.3, 0.4) is 0 Å². The van der Waals surface area contributed by atoms with E-state index in [0.29, 0.717) is 13.0 Å². The van der Waals surface area contributed by atoms with Crippen molar-refractivity contribution >= 4 is 13.8 Å². The van der Waals surface area contributed by atoms with Gasteiger partial charge in [-0.3, -0.25) is 13.8 Å². The molecular formula is C57H102NO7P. The Morgan fingerprint density at radius 1 is 0.470 bits per heavy atom. The molecule has 0 rings (SSSR count). The molecule has 0 aromatic rings. The molecule has 0 amide bonds. The van der Waals surface area contributed by atoms with E-state index in [0.717, 1.165) is 77.0 Å². The normalized spacial score (nSPS) is 13.9. The molecule has 0 spiro atoms. The van der Waals surface area contributed by atoms with Crippen LogP contribution in [0, 0.1) is 0 Å². The van der Waals surface area contributed by atoms with Crippen molar-refractivity contribution in [1.29, 1.82) is 0 Å². The zero-order valence-corrected chi connectivity index (χ0v) is 43.6. The molecule has 382 valence electrons. The van der Waals surface area contributed by atoms with Gasteiger partial charge in [-0.1, -0.05) is 221 Å². The topological polar surface area (TPSA) is 117 Å². The lowest BCUT2D eigenvalue weighted by Gasteiger charge is -2.20. The maximum Gasteiger partial charge on any atom is 0.472 e. The molecule has 0 saturated carbocycles. The first-order valence-corrected chi connectivity index (χ1v) is 28.6. The van der Waals surface area contributed by atoms with Gasteiger partial charge in [-0.05, 0) is 89.9 Å². The van der Waals surface area contributed by atoms with Gasteiger partial charge in [0.25, 0.3) is 0 Å². The number of allylic oxidation sites excluding steroid dienone is 14. The lowest BCUT2D eigenvalue weighted by molar-refractivity contribution is -0.154. The quantitative estimate of drug-likeness (QED) is 0.0268. The Hall–Kier alpha value is -2.32. The molecule has 0 aromatic carbocycles. The average molecular weight is 944 g/mol. The number of phosphoric acid groups is 1. The lowest BCUT2D eigenvalue weighted by Crippen LogP contribution is -2.28. The molecule has 2 atom stereocenters. The summed E-state index contributed by atoms with van der Waals surface area (Å²) in [6.07, 6.45) is 70.5. The van der Waals surface area contributed by atoms with Crippen molar-refractivity contribution in [3.8, 4) is 0 Å². The molecule has 0 bridgehead atoms. The number of hydrogen-bond acceptors (Lipinski definition) is 7. The minimum atomic E-state index is -4.29. The number of rotatable bonds is 51. The second kappa shape index (κ2) is 53.6. The van der Waals surface area contributed by atoms with Crippen molar-refractivity contribution in [2.75, 3.05) is 33.0 Å². The fourth-order valence-electron chi connectivity index (χ4n) is 7.35. The van der Waals surface area contributed by atoms with Crippen LogP contribution in [0.15, 0.2) is 85.1 Å². The Balaban J connectivity index is 3.96. The van der Waals surface area contributed by atoms with Gasteiger partial charge in [0.05, 0.1) is 19.8 Å². The number of carbonyl (C=O) groups excluding carboxylic acids is 1. The van der Waals surface area contributed by atoms with E-state index >= 15 is 0 Å². The number of unbranched alkanes of at least 4 members (excludes halogenated alkanes) is 24. The molecule has 0 aliphatic heterocycles. The number of nitrogens with two attached hydrogens (primary N) is 1. The Kier molecular flexibility index (Phi) is 51.7. The molecule has 0 aliphatic rings. The third-order valence-electron chi connectivity index (χ3n) is 11.3. The van der Waals surface area contributed by atoms with E-state index < -0.39 is 13.9 Å². The fourth-order valence-corrected chi connectivity index (χ4v) is 8.11. The van der Waals surface area contributed by atoms with Crippen LogP contribution in [0.25, 0.3) is 0 Å². The number of phosphoric ester groups is 1. The second-order valence-electron chi connectivity index (χ2n) is 17.7. The molecule has 66 heavy (non-hydrogen) atoms. The summed E-state index contributed by atoms with van der Waals surface area (Å²) in [6, 6.07) is 0. The first kappa shape index (κ1) is 63.7. The third-order valence-corrected chi connectivity index (χ3v) is 12.3. The predicted molar refractivity (Wildman–Crippen MR) is 284 cm³/mol. The molecule has 8 nitrogen and oxygen atoms in total. The Bertz CT molecular complexity index is 1290. The van der Waals surface area contributed by atoms with E-state index in [1.54, 1.807) is 0 Å². The number of hydrogen-bond donors (Lipinski definition) is 2. The van der Waals surface area contributed by atoms with Gasteiger partial charge in [-0.25, -0.2) is 4.57 Å². The largest absolute Gasteiger partial charge is 0.472 e. The Morgan fingerprint density at radius 2 is 0.848 bits per heavy atom. The van der Waals surface area contributed by atoms with Gasteiger partial charge in [0.1, 0.15) is 6.10 Å². The van der Waals surface area contributed by atoms with Crippen molar-refractivity contribution in [2.24, 2.45) is 5.73 Å². The van der Waals surface area contributed by atoms with Crippen LogP contribution in [-0.2, 0) is 27.9 Å². The van der Waals surface area contributed by atoms with Gasteiger partial charge in [0, 0.05) is 19.6 Å². The van der Waals surface area contributed by atoms with Crippen LogP contribution in [0.4, 0.5) is 0 Å². The van der Waals surface area contributed by atoms with Gasteiger partial charge in [0.15, 0.2) is 0 Å². The summed E-state index contributed by atoms with van der Waals surface area (Å²) in [5, 5.41) is 0. The van der Waals surface area contributed by atoms with Crippen LogP contribution >= 0.6 is 7.82 Å². The highest BCUT2D eigenvalue weighted by molar-refractivity contribution is 7.47. The smallest absolute Gasteiger partial charge is 0.457 e. The molecule has 2 unspecified atom stereocenters. The van der Waals surface area contributed by atoms with Gasteiger partial charge in [-0.15, -0.1) is 0 Å². The first-order valence-electron chi connectivity index (χ1n) is 27.1. The van der Waals surface area contributed by atoms with Crippen molar-refractivity contribution in [1.82, 2.24) is 0 Å². The maximum absolute atomic E-state index is 12.7. The highest BCUT2D eigenvalue weighted by atomic mass is 31.2. The van der Waals surface area contributed by atoms with Gasteiger partial charge >= 0.3 is 13.8 Å². The molecule has 0 aromatic heterocycles. The molecular weight excluding hydrogens is 842 g/mol. The zero-order chi connectivity index (χ0) is 48.0. The fraction of sp³-hybridized carbons (Fsp3) is 0.737. The van der Waals surface area contributed by atoms with E-state index in [2.05, 4.69) is 98.9 Å². The molecule has 0 heterocycles. The molecule has 9 heteroatoms. The summed E-state index contributed by atoms with van der Waals surface area (Å²) >= 11 is 0. The van der Waals surface area contributed by atoms with Gasteiger partial charge in [0.2, 0.25) is 0 Å². The summed E-state index contributed by atoms with van der Waals surface area (Å²) in [7, 11) is -4.29. The summed E-state index contributed by atoms with van der Waals surface area (Å²) in [5.41, 5.74) is 5.40. The summed E-state index contributed by atoms with van der Waals surface area (Å²) < 4.78 is 33.6. The standard InChI is InChI=1S/C57H102NO7P/c1-3-5-7-9-11-13-15-17-19-21-23-25-27-28-29-30-32-34-36-38-40-42-44-46-48-50-57(59)65-56(55-64-66(60,61)63-53-51-58)54-62-52-49-47-45-43-41-39-37-35-33-31-26-24-22-20-18-16-14-12-10-8-6-4-2/h5,7,11,13,16-19,22-25,31,33,56H,3-4,6,8-10,12,14-15,20-21,26-30,32,34-55,58H2,1-2H3,(H,60,61)/b7-5-,13-11-,18-16-,19-17-,24-22-,25-23-,33-31-. The Morgan fingerprint density at radius 3 is 1.27 bits per heavy atom. The average Bonchev–Trinajstić information content (AvgIpc) is 3.31. The Labute approximate surface area is 407 Å². The van der Waals surface area contributed by atoms with Crippen molar-refractivity contribution in [2.45, 2.75) is 238 Å². The van der Waals surface area contributed by atoms with Crippen LogP contribution in [0.1, 0.15) is 232 Å². The minimum Gasteiger partial charge on any atom is -0.457 e. The summed E-state index contributed by atoms with van der Waals surface area (Å²) in [4.78, 5) is 22.6. The number of esters is 1. The third kappa shape index (κ3) is 52.6. The van der Waals surface area contributed by atoms with E-state index in [1.807, 2.05) is 0 Å². The molecule has 0 saturated heterocycles. The van der Waals surface area contributed by atoms with E-state index in [4.69, 9.17) is 24.3 Å². The van der Waals surface area contributed by atoms with Gasteiger partial charge < -0.3 is 20.1 Å². The van der Waals surface area contributed by atoms with Crippen molar-refractivity contribution in [3.63, 3.8) is 0 Å². The van der Waals surface area contributed by atoms with Crippen molar-refractivity contribution in [3.05, 3.63) is 85.1 Å². The van der Waals surface area contributed by atoms with Crippen LogP contribution in [0.2, 0.25) is 0 Å². The zero-order valence-electron chi connectivity index (χ0n) is 42.7.